The number of benzene rings is 2. The van der Waals surface area contributed by atoms with Gasteiger partial charge in [0.25, 0.3) is 0 Å². The maximum Gasteiger partial charge on any atom is 0.338 e. The average molecular weight is 254 g/mol. The Morgan fingerprint density at radius 2 is 1.84 bits per heavy atom. The van der Waals surface area contributed by atoms with Crippen molar-refractivity contribution in [1.29, 1.82) is 0 Å². The SMILES string of the molecule is CCCc1ccc(C(=O)OC)c(-c2ccccc2)c1. The lowest BCUT2D eigenvalue weighted by atomic mass is 9.96. The Hall–Kier alpha value is -2.09. The van der Waals surface area contributed by atoms with Crippen LogP contribution in [0.1, 0.15) is 29.3 Å². The van der Waals surface area contributed by atoms with E-state index < -0.39 is 0 Å². The Morgan fingerprint density at radius 1 is 1.11 bits per heavy atom. The molecule has 0 unspecified atom stereocenters. The van der Waals surface area contributed by atoms with Gasteiger partial charge in [0.05, 0.1) is 12.7 Å². The van der Waals surface area contributed by atoms with Crippen LogP contribution in [0.4, 0.5) is 0 Å². The minimum absolute atomic E-state index is 0.290. The van der Waals surface area contributed by atoms with Crippen LogP contribution in [-0.2, 0) is 11.2 Å². The van der Waals surface area contributed by atoms with E-state index in [-0.39, 0.29) is 5.97 Å². The molecule has 2 nitrogen and oxygen atoms in total. The number of methoxy groups -OCH3 is 1. The van der Waals surface area contributed by atoms with Gasteiger partial charge in [-0.05, 0) is 29.2 Å². The van der Waals surface area contributed by atoms with E-state index in [4.69, 9.17) is 4.74 Å². The van der Waals surface area contributed by atoms with Crippen molar-refractivity contribution in [1.82, 2.24) is 0 Å². The van der Waals surface area contributed by atoms with Crippen molar-refractivity contribution in [3.8, 4) is 11.1 Å². The summed E-state index contributed by atoms with van der Waals surface area (Å²) in [5, 5.41) is 0. The van der Waals surface area contributed by atoms with Crippen molar-refractivity contribution in [2.45, 2.75) is 19.8 Å². The zero-order valence-corrected chi connectivity index (χ0v) is 11.3. The Kier molecular flexibility index (Phi) is 4.35. The fraction of sp³-hybridized carbons (Fsp3) is 0.235. The molecular weight excluding hydrogens is 236 g/mol. The van der Waals surface area contributed by atoms with Crippen LogP contribution in [0.15, 0.2) is 48.5 Å². The van der Waals surface area contributed by atoms with E-state index in [2.05, 4.69) is 13.0 Å². The molecule has 2 aromatic rings. The second kappa shape index (κ2) is 6.19. The van der Waals surface area contributed by atoms with Crippen LogP contribution < -0.4 is 0 Å². The second-order valence-electron chi connectivity index (χ2n) is 4.49. The lowest BCUT2D eigenvalue weighted by Gasteiger charge is -2.10. The molecular formula is C17H18O2. The largest absolute Gasteiger partial charge is 0.465 e. The van der Waals surface area contributed by atoms with Gasteiger partial charge in [0.2, 0.25) is 0 Å². The standard InChI is InChI=1S/C17H18O2/c1-3-7-13-10-11-15(17(18)19-2)16(12-13)14-8-5-4-6-9-14/h4-6,8-12H,3,7H2,1-2H3. The molecule has 0 aliphatic rings. The molecule has 0 bridgehead atoms. The summed E-state index contributed by atoms with van der Waals surface area (Å²) >= 11 is 0. The minimum Gasteiger partial charge on any atom is -0.465 e. The summed E-state index contributed by atoms with van der Waals surface area (Å²) in [6.45, 7) is 2.15. The molecule has 0 radical (unpaired) electrons. The molecule has 0 saturated carbocycles. The highest BCUT2D eigenvalue weighted by molar-refractivity contribution is 5.97. The van der Waals surface area contributed by atoms with Gasteiger partial charge < -0.3 is 4.74 Å². The number of ether oxygens (including phenoxy) is 1. The highest BCUT2D eigenvalue weighted by atomic mass is 16.5. The lowest BCUT2D eigenvalue weighted by Crippen LogP contribution is -2.04. The molecule has 2 rings (SSSR count). The van der Waals surface area contributed by atoms with E-state index in [0.29, 0.717) is 5.56 Å². The zero-order valence-electron chi connectivity index (χ0n) is 11.3. The Labute approximate surface area is 114 Å². The first-order valence-electron chi connectivity index (χ1n) is 6.53. The molecule has 0 heterocycles. The summed E-state index contributed by atoms with van der Waals surface area (Å²) in [4.78, 5) is 11.9. The quantitative estimate of drug-likeness (QED) is 0.768. The van der Waals surface area contributed by atoms with Crippen molar-refractivity contribution >= 4 is 5.97 Å². The topological polar surface area (TPSA) is 26.3 Å². The van der Waals surface area contributed by atoms with Gasteiger partial charge in [0.15, 0.2) is 0 Å². The molecule has 0 spiro atoms. The van der Waals surface area contributed by atoms with Crippen LogP contribution in [0.3, 0.4) is 0 Å². The van der Waals surface area contributed by atoms with Gasteiger partial charge in [-0.3, -0.25) is 0 Å². The molecule has 2 heteroatoms. The Balaban J connectivity index is 2.53. The van der Waals surface area contributed by atoms with Crippen molar-refractivity contribution in [3.63, 3.8) is 0 Å². The molecule has 0 N–H and O–H groups in total. The molecule has 19 heavy (non-hydrogen) atoms. The maximum absolute atomic E-state index is 11.9. The molecule has 0 aliphatic heterocycles. The number of hydrogen-bond donors (Lipinski definition) is 0. The molecule has 0 aliphatic carbocycles. The number of aryl methyl sites for hydroxylation is 1. The first-order chi connectivity index (χ1) is 9.26. The molecule has 0 aromatic heterocycles. The van der Waals surface area contributed by atoms with Crippen molar-refractivity contribution in [2.75, 3.05) is 7.11 Å². The van der Waals surface area contributed by atoms with Crippen LogP contribution in [0.5, 0.6) is 0 Å². The van der Waals surface area contributed by atoms with E-state index in [1.54, 1.807) is 0 Å². The predicted octanol–water partition coefficient (Wildman–Crippen LogP) is 4.09. The van der Waals surface area contributed by atoms with Crippen LogP contribution in [0, 0.1) is 0 Å². The smallest absolute Gasteiger partial charge is 0.338 e. The third kappa shape index (κ3) is 3.02. The van der Waals surface area contributed by atoms with Gasteiger partial charge in [-0.1, -0.05) is 55.8 Å². The summed E-state index contributed by atoms with van der Waals surface area (Å²) in [7, 11) is 1.41. The van der Waals surface area contributed by atoms with E-state index in [1.807, 2.05) is 42.5 Å². The van der Waals surface area contributed by atoms with Gasteiger partial charge in [-0.25, -0.2) is 4.79 Å². The van der Waals surface area contributed by atoms with Gasteiger partial charge in [0.1, 0.15) is 0 Å². The fourth-order valence-electron chi connectivity index (χ4n) is 2.18. The first-order valence-corrected chi connectivity index (χ1v) is 6.53. The molecule has 0 atom stereocenters. The summed E-state index contributed by atoms with van der Waals surface area (Å²) in [5.41, 5.74) is 3.85. The highest BCUT2D eigenvalue weighted by Crippen LogP contribution is 2.26. The van der Waals surface area contributed by atoms with E-state index in [9.17, 15) is 4.79 Å². The van der Waals surface area contributed by atoms with Gasteiger partial charge >= 0.3 is 5.97 Å². The highest BCUT2D eigenvalue weighted by Gasteiger charge is 2.13. The molecule has 0 fully saturated rings. The predicted molar refractivity (Wildman–Crippen MR) is 77.2 cm³/mol. The van der Waals surface area contributed by atoms with E-state index >= 15 is 0 Å². The molecule has 2 aromatic carbocycles. The number of carbonyl (C=O) groups excluding carboxylic acids is 1. The van der Waals surface area contributed by atoms with E-state index in [1.165, 1.54) is 12.7 Å². The van der Waals surface area contributed by atoms with Gasteiger partial charge in [0, 0.05) is 0 Å². The van der Waals surface area contributed by atoms with Crippen LogP contribution in [-0.4, -0.2) is 13.1 Å². The van der Waals surface area contributed by atoms with Crippen LogP contribution >= 0.6 is 0 Å². The molecule has 0 amide bonds. The monoisotopic (exact) mass is 254 g/mol. The minimum atomic E-state index is -0.290. The van der Waals surface area contributed by atoms with E-state index in [0.717, 1.165) is 24.0 Å². The first kappa shape index (κ1) is 13.3. The third-order valence-corrected chi connectivity index (χ3v) is 3.11. The number of rotatable bonds is 4. The average Bonchev–Trinajstić information content (AvgIpc) is 2.47. The van der Waals surface area contributed by atoms with Crippen molar-refractivity contribution in [2.24, 2.45) is 0 Å². The Morgan fingerprint density at radius 3 is 2.47 bits per heavy atom. The van der Waals surface area contributed by atoms with Gasteiger partial charge in [-0.15, -0.1) is 0 Å². The van der Waals surface area contributed by atoms with Crippen LogP contribution in [0.2, 0.25) is 0 Å². The van der Waals surface area contributed by atoms with Crippen molar-refractivity contribution in [3.05, 3.63) is 59.7 Å². The van der Waals surface area contributed by atoms with Gasteiger partial charge in [-0.2, -0.15) is 0 Å². The van der Waals surface area contributed by atoms with Crippen molar-refractivity contribution < 1.29 is 9.53 Å². The summed E-state index contributed by atoms with van der Waals surface area (Å²) in [6, 6.07) is 15.9. The van der Waals surface area contributed by atoms with Crippen LogP contribution in [0.25, 0.3) is 11.1 Å². The summed E-state index contributed by atoms with van der Waals surface area (Å²) in [6.07, 6.45) is 2.10. The number of esters is 1. The normalized spacial score (nSPS) is 10.2. The Bertz CT molecular complexity index is 559. The maximum atomic E-state index is 11.9. The third-order valence-electron chi connectivity index (χ3n) is 3.11. The number of carbonyl (C=O) groups is 1. The molecule has 98 valence electrons. The second-order valence-corrected chi connectivity index (χ2v) is 4.49. The number of hydrogen-bond acceptors (Lipinski definition) is 2. The lowest BCUT2D eigenvalue weighted by molar-refractivity contribution is 0.0601. The zero-order chi connectivity index (χ0) is 13.7. The summed E-state index contributed by atoms with van der Waals surface area (Å²) < 4.78 is 4.86. The molecule has 0 saturated heterocycles. The summed E-state index contributed by atoms with van der Waals surface area (Å²) in [5.74, 6) is -0.290. The fourth-order valence-corrected chi connectivity index (χ4v) is 2.18.